The second kappa shape index (κ2) is 7.10. The fourth-order valence-corrected chi connectivity index (χ4v) is 4.28. The molecule has 1 aromatic carbocycles. The Labute approximate surface area is 175 Å². The number of hydrogen-bond donors (Lipinski definition) is 2. The Kier molecular flexibility index (Phi) is 4.39. The first-order chi connectivity index (χ1) is 14.6. The number of aromatic nitrogens is 2. The van der Waals surface area contributed by atoms with Gasteiger partial charge in [0.25, 0.3) is 0 Å². The van der Waals surface area contributed by atoms with E-state index in [1.807, 2.05) is 18.2 Å². The minimum absolute atomic E-state index is 0.0590. The van der Waals surface area contributed by atoms with Crippen LogP contribution in [0.3, 0.4) is 0 Å². The molecular weight excluding hydrogens is 374 g/mol. The number of pyridine rings is 2. The van der Waals surface area contributed by atoms with Crippen molar-refractivity contribution >= 4 is 28.3 Å². The zero-order chi connectivity index (χ0) is 20.8. The molecule has 2 aliphatic carbocycles. The van der Waals surface area contributed by atoms with E-state index in [0.717, 1.165) is 46.9 Å². The summed E-state index contributed by atoms with van der Waals surface area (Å²) >= 11 is 0. The molecular formula is C24H23N5O. The Balaban J connectivity index is 1.57. The molecule has 0 radical (unpaired) electrons. The number of carbonyl (C=O) groups is 1. The first kappa shape index (κ1) is 18.6. The number of nitrogens with two attached hydrogens (primary N) is 1. The molecule has 3 aromatic rings. The van der Waals surface area contributed by atoms with Crippen LogP contribution in [0.4, 0.5) is 11.6 Å². The summed E-state index contributed by atoms with van der Waals surface area (Å²) in [5, 5.41) is 13.6. The summed E-state index contributed by atoms with van der Waals surface area (Å²) in [5.41, 5.74) is 10.7. The highest BCUT2D eigenvalue weighted by Gasteiger charge is 2.42. The van der Waals surface area contributed by atoms with Crippen LogP contribution in [0.2, 0.25) is 0 Å². The van der Waals surface area contributed by atoms with Crippen LogP contribution in [-0.2, 0) is 4.79 Å². The van der Waals surface area contributed by atoms with E-state index in [9.17, 15) is 4.79 Å². The van der Waals surface area contributed by atoms with E-state index in [1.54, 1.807) is 6.20 Å². The number of carbonyl (C=O) groups excluding carboxylic acids is 1. The summed E-state index contributed by atoms with van der Waals surface area (Å²) in [5.74, 6) is 1.45. The van der Waals surface area contributed by atoms with Gasteiger partial charge in [0.1, 0.15) is 11.6 Å². The lowest BCUT2D eigenvalue weighted by molar-refractivity contribution is -0.117. The predicted molar refractivity (Wildman–Crippen MR) is 117 cm³/mol. The maximum Gasteiger partial charge on any atom is 0.228 e. The van der Waals surface area contributed by atoms with Crippen LogP contribution >= 0.6 is 0 Å². The zero-order valence-corrected chi connectivity index (χ0v) is 16.9. The molecule has 30 heavy (non-hydrogen) atoms. The van der Waals surface area contributed by atoms with Gasteiger partial charge in [0.2, 0.25) is 5.91 Å². The minimum Gasteiger partial charge on any atom is -0.383 e. The largest absolute Gasteiger partial charge is 0.383 e. The number of hydrogen-bond acceptors (Lipinski definition) is 5. The van der Waals surface area contributed by atoms with Gasteiger partial charge in [-0.25, -0.2) is 9.97 Å². The quantitative estimate of drug-likeness (QED) is 0.657. The van der Waals surface area contributed by atoms with Crippen LogP contribution in [0.25, 0.3) is 22.0 Å². The molecule has 1 amide bonds. The van der Waals surface area contributed by atoms with Gasteiger partial charge in [-0.15, -0.1) is 0 Å². The number of aryl methyl sites for hydroxylation is 1. The fourth-order valence-electron chi connectivity index (χ4n) is 4.28. The molecule has 2 fully saturated rings. The summed E-state index contributed by atoms with van der Waals surface area (Å²) in [6.07, 6.45) is 5.16. The van der Waals surface area contributed by atoms with Crippen molar-refractivity contribution < 1.29 is 4.79 Å². The predicted octanol–water partition coefficient (Wildman–Crippen LogP) is 4.55. The third-order valence-electron chi connectivity index (χ3n) is 6.21. The average molecular weight is 397 g/mol. The number of nitrogen functional groups attached to an aromatic ring is 1. The smallest absolute Gasteiger partial charge is 0.228 e. The van der Waals surface area contributed by atoms with Crippen molar-refractivity contribution in [2.75, 3.05) is 11.1 Å². The summed E-state index contributed by atoms with van der Waals surface area (Å²) in [7, 11) is 0. The van der Waals surface area contributed by atoms with E-state index in [1.165, 1.54) is 5.56 Å². The lowest BCUT2D eigenvalue weighted by atomic mass is 9.94. The molecule has 2 aromatic heterocycles. The van der Waals surface area contributed by atoms with Crippen LogP contribution in [-0.4, -0.2) is 15.9 Å². The van der Waals surface area contributed by atoms with E-state index < -0.39 is 0 Å². The molecule has 150 valence electrons. The number of benzene rings is 1. The van der Waals surface area contributed by atoms with Gasteiger partial charge in [-0.2, -0.15) is 5.26 Å². The van der Waals surface area contributed by atoms with E-state index in [2.05, 4.69) is 35.4 Å². The molecule has 2 saturated carbocycles. The molecule has 3 N–H and O–H groups in total. The van der Waals surface area contributed by atoms with Crippen LogP contribution < -0.4 is 11.1 Å². The highest BCUT2D eigenvalue weighted by Crippen LogP contribution is 2.48. The number of anilines is 2. The monoisotopic (exact) mass is 397 g/mol. The van der Waals surface area contributed by atoms with Crippen molar-refractivity contribution in [1.82, 2.24) is 9.97 Å². The van der Waals surface area contributed by atoms with Gasteiger partial charge in [-0.1, -0.05) is 24.3 Å². The average Bonchev–Trinajstić information content (AvgIpc) is 3.64. The van der Waals surface area contributed by atoms with Gasteiger partial charge in [0.05, 0.1) is 11.8 Å². The van der Waals surface area contributed by atoms with Crippen LogP contribution in [0.1, 0.15) is 42.7 Å². The lowest BCUT2D eigenvalue weighted by Crippen LogP contribution is -2.15. The highest BCUT2D eigenvalue weighted by atomic mass is 16.2. The van der Waals surface area contributed by atoms with E-state index in [4.69, 9.17) is 16.0 Å². The summed E-state index contributed by atoms with van der Waals surface area (Å²) in [6, 6.07) is 12.3. The van der Waals surface area contributed by atoms with Crippen molar-refractivity contribution in [2.24, 2.45) is 11.8 Å². The zero-order valence-electron chi connectivity index (χ0n) is 16.9. The van der Waals surface area contributed by atoms with Crippen LogP contribution in [0.5, 0.6) is 0 Å². The van der Waals surface area contributed by atoms with Crippen molar-refractivity contribution in [2.45, 2.75) is 38.5 Å². The molecule has 2 heterocycles. The highest BCUT2D eigenvalue weighted by molar-refractivity contribution is 6.01. The number of amides is 1. The molecule has 6 heteroatoms. The molecule has 0 spiro atoms. The number of nitrogens with one attached hydrogen (secondary N) is 1. The van der Waals surface area contributed by atoms with E-state index in [-0.39, 0.29) is 17.7 Å². The summed E-state index contributed by atoms with van der Waals surface area (Å²) in [4.78, 5) is 21.7. The maximum absolute atomic E-state index is 12.5. The number of nitrogens with zero attached hydrogens (tertiary/aromatic N) is 3. The first-order valence-electron chi connectivity index (χ1n) is 10.4. The Hall–Kier alpha value is -3.46. The van der Waals surface area contributed by atoms with Crippen molar-refractivity contribution in [3.8, 4) is 17.3 Å². The molecule has 5 rings (SSSR count). The number of nitriles is 1. The number of rotatable bonds is 5. The van der Waals surface area contributed by atoms with Gasteiger partial charge < -0.3 is 11.1 Å². The summed E-state index contributed by atoms with van der Waals surface area (Å²) < 4.78 is 0. The second-order valence-corrected chi connectivity index (χ2v) is 8.42. The third kappa shape index (κ3) is 3.26. The Bertz CT molecular complexity index is 1210. The van der Waals surface area contributed by atoms with E-state index >= 15 is 0 Å². The molecule has 0 bridgehead atoms. The van der Waals surface area contributed by atoms with Gasteiger partial charge >= 0.3 is 0 Å². The first-order valence-corrected chi connectivity index (χ1v) is 10.4. The van der Waals surface area contributed by atoms with Crippen LogP contribution in [0, 0.1) is 30.1 Å². The lowest BCUT2D eigenvalue weighted by Gasteiger charge is -2.16. The fraction of sp³-hybridized carbons (Fsp3) is 0.333. The molecule has 2 atom stereocenters. The molecule has 0 unspecified atom stereocenters. The van der Waals surface area contributed by atoms with Gasteiger partial charge in [-0.3, -0.25) is 4.79 Å². The van der Waals surface area contributed by atoms with Gasteiger partial charge in [0, 0.05) is 29.5 Å². The Morgan fingerprint density at radius 1 is 1.30 bits per heavy atom. The van der Waals surface area contributed by atoms with E-state index in [0.29, 0.717) is 24.0 Å². The van der Waals surface area contributed by atoms with Crippen molar-refractivity contribution in [1.29, 1.82) is 5.26 Å². The Morgan fingerprint density at radius 3 is 2.83 bits per heavy atom. The second-order valence-electron chi connectivity index (χ2n) is 8.42. The van der Waals surface area contributed by atoms with Crippen molar-refractivity contribution in [3.05, 3.63) is 47.7 Å². The standard InChI is InChI=1S/C24H23N5O/c1-13-4-2-3-5-16(13)22-21(14-6-7-14)18-11-20(27-12-19(18)23(26)29-22)28-24(30)17-10-15(17)8-9-25/h2-5,11-12,14-15,17H,6-8,10H2,1H3,(H2,26,29)(H,27,28,30)/t15-,17-/m1/s1. The topological polar surface area (TPSA) is 105 Å². The van der Waals surface area contributed by atoms with Crippen LogP contribution in [0.15, 0.2) is 36.5 Å². The normalized spacial score (nSPS) is 20.0. The number of fused-ring (bicyclic) bond motifs is 1. The minimum atomic E-state index is -0.0879. The molecule has 0 aliphatic heterocycles. The van der Waals surface area contributed by atoms with Gasteiger partial charge in [0.15, 0.2) is 0 Å². The molecule has 6 nitrogen and oxygen atoms in total. The van der Waals surface area contributed by atoms with Gasteiger partial charge in [-0.05, 0) is 60.6 Å². The van der Waals surface area contributed by atoms with Crippen molar-refractivity contribution in [3.63, 3.8) is 0 Å². The Morgan fingerprint density at radius 2 is 2.10 bits per heavy atom. The summed E-state index contributed by atoms with van der Waals surface area (Å²) in [6.45, 7) is 2.08. The maximum atomic E-state index is 12.5. The SMILES string of the molecule is Cc1ccccc1-c1nc(N)c2cnc(NC(=O)[C@@H]3C[C@H]3CC#N)cc2c1C1CC1. The third-order valence-corrected chi connectivity index (χ3v) is 6.21. The molecule has 2 aliphatic rings. The molecule has 0 saturated heterocycles.